The molecule has 3 aromatic rings. The summed E-state index contributed by atoms with van der Waals surface area (Å²) in [7, 11) is 0. The second kappa shape index (κ2) is 4.97. The van der Waals surface area contributed by atoms with Crippen molar-refractivity contribution in [3.8, 4) is 11.3 Å². The average molecular weight is 285 g/mol. The van der Waals surface area contributed by atoms with Crippen molar-refractivity contribution in [3.63, 3.8) is 0 Å². The fourth-order valence-electron chi connectivity index (χ4n) is 2.04. The SMILES string of the molecule is CSc1nccn2c(-c3ccc(C(=O)O)cc3)cnc12. The van der Waals surface area contributed by atoms with Gasteiger partial charge in [0.05, 0.1) is 17.5 Å². The number of aromatic carboxylic acids is 1. The Morgan fingerprint density at radius 2 is 2.00 bits per heavy atom. The van der Waals surface area contributed by atoms with Gasteiger partial charge >= 0.3 is 5.97 Å². The van der Waals surface area contributed by atoms with Gasteiger partial charge in [-0.3, -0.25) is 4.40 Å². The summed E-state index contributed by atoms with van der Waals surface area (Å²) >= 11 is 1.54. The molecule has 0 aliphatic heterocycles. The van der Waals surface area contributed by atoms with Crippen molar-refractivity contribution < 1.29 is 9.90 Å². The van der Waals surface area contributed by atoms with Gasteiger partial charge < -0.3 is 5.11 Å². The monoisotopic (exact) mass is 285 g/mol. The van der Waals surface area contributed by atoms with Crippen molar-refractivity contribution in [3.05, 3.63) is 48.4 Å². The minimum absolute atomic E-state index is 0.272. The lowest BCUT2D eigenvalue weighted by atomic mass is 10.1. The molecule has 0 atom stereocenters. The Balaban J connectivity index is 2.12. The van der Waals surface area contributed by atoms with E-state index in [0.29, 0.717) is 0 Å². The van der Waals surface area contributed by atoms with Crippen LogP contribution in [0.5, 0.6) is 0 Å². The first-order chi connectivity index (χ1) is 9.70. The van der Waals surface area contributed by atoms with Crippen molar-refractivity contribution in [2.45, 2.75) is 5.03 Å². The minimum Gasteiger partial charge on any atom is -0.478 e. The molecule has 0 saturated carbocycles. The zero-order valence-corrected chi connectivity index (χ0v) is 11.5. The van der Waals surface area contributed by atoms with E-state index in [1.807, 2.05) is 16.9 Å². The highest BCUT2D eigenvalue weighted by atomic mass is 32.2. The summed E-state index contributed by atoms with van der Waals surface area (Å²) in [4.78, 5) is 19.5. The third-order valence-corrected chi connectivity index (χ3v) is 3.69. The molecule has 2 heterocycles. The average Bonchev–Trinajstić information content (AvgIpc) is 2.91. The molecular weight excluding hydrogens is 274 g/mol. The van der Waals surface area contributed by atoms with Crippen LogP contribution in [-0.4, -0.2) is 31.7 Å². The second-order valence-corrected chi connectivity index (χ2v) is 4.95. The number of fused-ring (bicyclic) bond motifs is 1. The number of rotatable bonds is 3. The summed E-state index contributed by atoms with van der Waals surface area (Å²) in [6, 6.07) is 6.75. The Kier molecular flexibility index (Phi) is 3.15. The molecular formula is C14H11N3O2S. The van der Waals surface area contributed by atoms with E-state index in [9.17, 15) is 4.79 Å². The van der Waals surface area contributed by atoms with Gasteiger partial charge in [-0.25, -0.2) is 14.8 Å². The van der Waals surface area contributed by atoms with E-state index in [4.69, 9.17) is 5.11 Å². The number of thioether (sulfide) groups is 1. The molecule has 0 aliphatic carbocycles. The highest BCUT2D eigenvalue weighted by Crippen LogP contribution is 2.24. The smallest absolute Gasteiger partial charge is 0.335 e. The molecule has 0 fully saturated rings. The maximum absolute atomic E-state index is 10.9. The van der Waals surface area contributed by atoms with E-state index in [-0.39, 0.29) is 5.56 Å². The van der Waals surface area contributed by atoms with Crippen LogP contribution in [0.4, 0.5) is 0 Å². The van der Waals surface area contributed by atoms with E-state index in [1.165, 1.54) is 0 Å². The van der Waals surface area contributed by atoms with Gasteiger partial charge in [-0.2, -0.15) is 0 Å². The van der Waals surface area contributed by atoms with Crippen molar-refractivity contribution in [2.75, 3.05) is 6.26 Å². The lowest BCUT2D eigenvalue weighted by Gasteiger charge is -2.04. The Labute approximate surface area is 119 Å². The van der Waals surface area contributed by atoms with Crippen molar-refractivity contribution in [1.29, 1.82) is 0 Å². The summed E-state index contributed by atoms with van der Waals surface area (Å²) in [5.41, 5.74) is 2.90. The lowest BCUT2D eigenvalue weighted by molar-refractivity contribution is 0.0697. The molecule has 0 radical (unpaired) electrons. The Hall–Kier alpha value is -2.34. The van der Waals surface area contributed by atoms with Crippen LogP contribution in [0.25, 0.3) is 16.9 Å². The number of carboxylic acid groups (broad SMARTS) is 1. The Bertz CT molecular complexity index is 781. The molecule has 1 aromatic carbocycles. The van der Waals surface area contributed by atoms with Gasteiger partial charge in [0.1, 0.15) is 5.03 Å². The van der Waals surface area contributed by atoms with Gasteiger partial charge in [0.2, 0.25) is 0 Å². The number of imidazole rings is 1. The molecule has 1 N–H and O–H groups in total. The molecule has 0 aliphatic rings. The Morgan fingerprint density at radius 1 is 1.25 bits per heavy atom. The highest BCUT2D eigenvalue weighted by molar-refractivity contribution is 7.98. The lowest BCUT2D eigenvalue weighted by Crippen LogP contribution is -1.96. The predicted octanol–water partition coefficient (Wildman–Crippen LogP) is 2.82. The summed E-state index contributed by atoms with van der Waals surface area (Å²) in [5, 5.41) is 9.78. The van der Waals surface area contributed by atoms with Gasteiger partial charge in [0.15, 0.2) is 5.65 Å². The summed E-state index contributed by atoms with van der Waals surface area (Å²) < 4.78 is 1.95. The highest BCUT2D eigenvalue weighted by Gasteiger charge is 2.10. The van der Waals surface area contributed by atoms with Crippen LogP contribution in [0.3, 0.4) is 0 Å². The van der Waals surface area contributed by atoms with Crippen LogP contribution in [0.15, 0.2) is 47.9 Å². The van der Waals surface area contributed by atoms with Crippen LogP contribution >= 0.6 is 11.8 Å². The molecule has 2 aromatic heterocycles. The number of hydrogen-bond donors (Lipinski definition) is 1. The molecule has 0 amide bonds. The number of carbonyl (C=O) groups is 1. The van der Waals surface area contributed by atoms with Crippen LogP contribution < -0.4 is 0 Å². The number of aromatic nitrogens is 3. The molecule has 0 spiro atoms. The van der Waals surface area contributed by atoms with Crippen LogP contribution in [0.1, 0.15) is 10.4 Å². The van der Waals surface area contributed by atoms with Gasteiger partial charge in [-0.1, -0.05) is 12.1 Å². The molecule has 0 saturated heterocycles. The van der Waals surface area contributed by atoms with Crippen molar-refractivity contribution >= 4 is 23.4 Å². The molecule has 5 nitrogen and oxygen atoms in total. The van der Waals surface area contributed by atoms with Gasteiger partial charge in [-0.15, -0.1) is 11.8 Å². The molecule has 3 rings (SSSR count). The van der Waals surface area contributed by atoms with Crippen LogP contribution in [0, 0.1) is 0 Å². The summed E-state index contributed by atoms with van der Waals surface area (Å²) in [6.07, 6.45) is 7.31. The van der Waals surface area contributed by atoms with E-state index in [0.717, 1.165) is 21.9 Å². The Morgan fingerprint density at radius 3 is 2.65 bits per heavy atom. The quantitative estimate of drug-likeness (QED) is 0.749. The van der Waals surface area contributed by atoms with E-state index < -0.39 is 5.97 Å². The third kappa shape index (κ3) is 2.04. The topological polar surface area (TPSA) is 67.5 Å². The van der Waals surface area contributed by atoms with Crippen LogP contribution in [-0.2, 0) is 0 Å². The maximum Gasteiger partial charge on any atom is 0.335 e. The molecule has 0 unspecified atom stereocenters. The normalized spacial score (nSPS) is 10.8. The molecule has 6 heteroatoms. The van der Waals surface area contributed by atoms with E-state index in [2.05, 4.69) is 9.97 Å². The van der Waals surface area contributed by atoms with Gasteiger partial charge in [0.25, 0.3) is 0 Å². The number of benzene rings is 1. The standard InChI is InChI=1S/C14H11N3O2S/c1-20-13-12-16-8-11(17(12)7-6-15-13)9-2-4-10(5-3-9)14(18)19/h2-8H,1H3,(H,18,19). The van der Waals surface area contributed by atoms with E-state index >= 15 is 0 Å². The number of carboxylic acids is 1. The van der Waals surface area contributed by atoms with Gasteiger partial charge in [0, 0.05) is 18.0 Å². The zero-order valence-electron chi connectivity index (χ0n) is 10.6. The molecule has 20 heavy (non-hydrogen) atoms. The summed E-state index contributed by atoms with van der Waals surface area (Å²) in [5.74, 6) is -0.927. The first-order valence-electron chi connectivity index (χ1n) is 5.90. The molecule has 0 bridgehead atoms. The van der Waals surface area contributed by atoms with Gasteiger partial charge in [-0.05, 0) is 18.4 Å². The largest absolute Gasteiger partial charge is 0.478 e. The minimum atomic E-state index is -0.927. The maximum atomic E-state index is 10.9. The fraction of sp³-hybridized carbons (Fsp3) is 0.0714. The third-order valence-electron chi connectivity index (χ3n) is 3.02. The first kappa shape index (κ1) is 12.7. The van der Waals surface area contributed by atoms with Crippen molar-refractivity contribution in [1.82, 2.24) is 14.4 Å². The fourth-order valence-corrected chi connectivity index (χ4v) is 2.54. The zero-order chi connectivity index (χ0) is 14.1. The molecule has 100 valence electrons. The summed E-state index contributed by atoms with van der Waals surface area (Å²) in [6.45, 7) is 0. The number of hydrogen-bond acceptors (Lipinski definition) is 4. The van der Waals surface area contributed by atoms with Crippen LogP contribution in [0.2, 0.25) is 0 Å². The predicted molar refractivity (Wildman–Crippen MR) is 77.2 cm³/mol. The van der Waals surface area contributed by atoms with E-state index in [1.54, 1.807) is 48.4 Å². The first-order valence-corrected chi connectivity index (χ1v) is 7.13. The van der Waals surface area contributed by atoms with Crippen molar-refractivity contribution in [2.24, 2.45) is 0 Å². The number of nitrogens with zero attached hydrogens (tertiary/aromatic N) is 3. The second-order valence-electron chi connectivity index (χ2n) is 4.16.